The highest BCUT2D eigenvalue weighted by Gasteiger charge is 2.44. The van der Waals surface area contributed by atoms with Crippen molar-refractivity contribution < 1.29 is 13.7 Å². The largest absolute Gasteiger partial charge is 0.450 e. The molecule has 0 N–H and O–H groups in total. The highest BCUT2D eigenvalue weighted by atomic mass is 16.5. The smallest absolute Gasteiger partial charge is 0.296 e. The van der Waals surface area contributed by atoms with Gasteiger partial charge in [-0.2, -0.15) is 0 Å². The van der Waals surface area contributed by atoms with Crippen LogP contribution in [-0.4, -0.2) is 11.1 Å². The molecule has 1 aliphatic rings. The Morgan fingerprint density at radius 3 is 2.39 bits per heavy atom. The molecule has 0 saturated carbocycles. The van der Waals surface area contributed by atoms with Crippen molar-refractivity contribution in [1.82, 2.24) is 5.16 Å². The van der Waals surface area contributed by atoms with E-state index < -0.39 is 11.9 Å². The number of hydrogen-bond donors (Lipinski definition) is 0. The second-order valence-corrected chi connectivity index (χ2v) is 8.37. The molecule has 3 heterocycles. The maximum absolute atomic E-state index is 13.6. The molecule has 2 aromatic carbocycles. The predicted molar refractivity (Wildman–Crippen MR) is 118 cm³/mol. The van der Waals surface area contributed by atoms with Crippen LogP contribution in [0.15, 0.2) is 62.3 Å². The van der Waals surface area contributed by atoms with E-state index in [0.29, 0.717) is 34.0 Å². The molecule has 1 aliphatic heterocycles. The van der Waals surface area contributed by atoms with Crippen molar-refractivity contribution in [2.75, 3.05) is 4.90 Å². The summed E-state index contributed by atoms with van der Waals surface area (Å²) in [6.07, 6.45) is 0. The minimum absolute atomic E-state index is 0.0555. The fourth-order valence-corrected chi connectivity index (χ4v) is 4.17. The number of nitrogens with zero attached hydrogens (tertiary/aromatic N) is 2. The minimum atomic E-state index is -0.644. The van der Waals surface area contributed by atoms with E-state index in [2.05, 4.69) is 19.0 Å². The number of benzene rings is 2. The second kappa shape index (κ2) is 6.94. The van der Waals surface area contributed by atoms with Gasteiger partial charge in [0.25, 0.3) is 5.91 Å². The Balaban J connectivity index is 1.78. The van der Waals surface area contributed by atoms with Crippen molar-refractivity contribution in [2.45, 2.75) is 39.7 Å². The molecule has 6 heteroatoms. The fourth-order valence-electron chi connectivity index (χ4n) is 4.17. The number of carbonyl (C=O) groups is 1. The highest BCUT2D eigenvalue weighted by Crippen LogP contribution is 2.41. The molecule has 1 amide bonds. The van der Waals surface area contributed by atoms with E-state index in [9.17, 15) is 9.59 Å². The summed E-state index contributed by atoms with van der Waals surface area (Å²) >= 11 is 0. The number of hydrogen-bond acceptors (Lipinski definition) is 5. The molecule has 0 bridgehead atoms. The molecular weight excluding hydrogens is 392 g/mol. The lowest BCUT2D eigenvalue weighted by molar-refractivity contribution is 0.0969. The average molecular weight is 414 g/mol. The quantitative estimate of drug-likeness (QED) is 0.456. The summed E-state index contributed by atoms with van der Waals surface area (Å²) in [6.45, 7) is 7.93. The van der Waals surface area contributed by atoms with Gasteiger partial charge in [0.15, 0.2) is 11.2 Å². The lowest BCUT2D eigenvalue weighted by Crippen LogP contribution is -2.29. The van der Waals surface area contributed by atoms with Gasteiger partial charge in [0, 0.05) is 6.07 Å². The van der Waals surface area contributed by atoms with Crippen molar-refractivity contribution >= 4 is 22.7 Å². The standard InChI is InChI=1S/C25H22N2O4/c1-13(2)16-6-8-17(9-7-16)22-21-23(28)18-11-14(3)5-10-19(18)30-24(21)25(29)27(22)20-12-15(4)31-26-20/h5-13,22H,1-4H3. The van der Waals surface area contributed by atoms with Crippen LogP contribution < -0.4 is 10.3 Å². The molecule has 6 nitrogen and oxygen atoms in total. The molecule has 0 fully saturated rings. The van der Waals surface area contributed by atoms with E-state index in [1.54, 1.807) is 25.1 Å². The number of aromatic nitrogens is 1. The van der Waals surface area contributed by atoms with Crippen molar-refractivity contribution in [3.63, 3.8) is 0 Å². The fraction of sp³-hybridized carbons (Fsp3) is 0.240. The summed E-state index contributed by atoms with van der Waals surface area (Å²) in [4.78, 5) is 28.5. The third-order valence-corrected chi connectivity index (χ3v) is 5.81. The van der Waals surface area contributed by atoms with Crippen LogP contribution >= 0.6 is 0 Å². The zero-order valence-electron chi connectivity index (χ0n) is 17.8. The highest BCUT2D eigenvalue weighted by molar-refractivity contribution is 6.10. The third-order valence-electron chi connectivity index (χ3n) is 5.81. The summed E-state index contributed by atoms with van der Waals surface area (Å²) in [7, 11) is 0. The molecule has 156 valence electrons. The third kappa shape index (κ3) is 2.98. The number of aryl methyl sites for hydroxylation is 2. The molecule has 1 atom stereocenters. The minimum Gasteiger partial charge on any atom is -0.450 e. The first kappa shape index (κ1) is 19.3. The van der Waals surface area contributed by atoms with Gasteiger partial charge in [-0.1, -0.05) is 54.9 Å². The maximum atomic E-state index is 13.6. The maximum Gasteiger partial charge on any atom is 0.296 e. The van der Waals surface area contributed by atoms with Crippen molar-refractivity contribution in [3.8, 4) is 0 Å². The first-order chi connectivity index (χ1) is 14.8. The van der Waals surface area contributed by atoms with Crippen LogP contribution in [0.4, 0.5) is 5.82 Å². The van der Waals surface area contributed by atoms with Crippen LogP contribution in [0.25, 0.3) is 11.0 Å². The molecule has 4 aromatic rings. The summed E-state index contributed by atoms with van der Waals surface area (Å²) in [6, 6.07) is 14.4. The molecule has 0 aliphatic carbocycles. The van der Waals surface area contributed by atoms with Gasteiger partial charge in [-0.25, -0.2) is 0 Å². The Kier molecular flexibility index (Phi) is 4.32. The normalized spacial score (nSPS) is 15.8. The Morgan fingerprint density at radius 1 is 1.00 bits per heavy atom. The number of fused-ring (bicyclic) bond motifs is 2. The Morgan fingerprint density at radius 2 is 1.74 bits per heavy atom. The van der Waals surface area contributed by atoms with Crippen LogP contribution in [0.1, 0.15) is 64.4 Å². The van der Waals surface area contributed by atoms with Gasteiger partial charge < -0.3 is 8.94 Å². The van der Waals surface area contributed by atoms with Gasteiger partial charge in [-0.05, 0) is 43.0 Å². The van der Waals surface area contributed by atoms with E-state index >= 15 is 0 Å². The molecule has 0 radical (unpaired) electrons. The zero-order valence-corrected chi connectivity index (χ0v) is 17.8. The molecular formula is C25H22N2O4. The first-order valence-corrected chi connectivity index (χ1v) is 10.3. The SMILES string of the molecule is Cc1ccc2oc3c(c(=O)c2c1)C(c1ccc(C(C)C)cc1)N(c1cc(C)on1)C3=O. The zero-order chi connectivity index (χ0) is 21.9. The second-order valence-electron chi connectivity index (χ2n) is 8.37. The van der Waals surface area contributed by atoms with Gasteiger partial charge >= 0.3 is 0 Å². The van der Waals surface area contributed by atoms with Crippen LogP contribution in [-0.2, 0) is 0 Å². The molecule has 31 heavy (non-hydrogen) atoms. The lowest BCUT2D eigenvalue weighted by atomic mass is 9.95. The van der Waals surface area contributed by atoms with E-state index in [-0.39, 0.29) is 11.2 Å². The molecule has 5 rings (SSSR count). The van der Waals surface area contributed by atoms with E-state index in [4.69, 9.17) is 8.94 Å². The summed E-state index contributed by atoms with van der Waals surface area (Å²) in [5, 5.41) is 4.52. The van der Waals surface area contributed by atoms with Gasteiger partial charge in [-0.3, -0.25) is 14.5 Å². The summed E-state index contributed by atoms with van der Waals surface area (Å²) < 4.78 is 11.2. The van der Waals surface area contributed by atoms with Gasteiger partial charge in [0.2, 0.25) is 5.76 Å². The van der Waals surface area contributed by atoms with Crippen LogP contribution in [0.5, 0.6) is 0 Å². The van der Waals surface area contributed by atoms with E-state index in [1.165, 1.54) is 10.5 Å². The van der Waals surface area contributed by atoms with Gasteiger partial charge in [0.1, 0.15) is 11.3 Å². The number of rotatable bonds is 3. The van der Waals surface area contributed by atoms with E-state index in [1.807, 2.05) is 37.3 Å². The number of carbonyl (C=O) groups excluding carboxylic acids is 1. The van der Waals surface area contributed by atoms with Crippen molar-refractivity contribution in [2.24, 2.45) is 0 Å². The monoisotopic (exact) mass is 414 g/mol. The molecule has 2 aromatic heterocycles. The molecule has 0 spiro atoms. The van der Waals surface area contributed by atoms with Gasteiger partial charge in [0.05, 0.1) is 17.0 Å². The Hall–Kier alpha value is -3.67. The van der Waals surface area contributed by atoms with Crippen LogP contribution in [0.2, 0.25) is 0 Å². The molecule has 0 saturated heterocycles. The lowest BCUT2D eigenvalue weighted by Gasteiger charge is -2.22. The summed E-state index contributed by atoms with van der Waals surface area (Å²) in [5.41, 5.74) is 3.48. The Labute approximate surface area is 179 Å². The number of amides is 1. The topological polar surface area (TPSA) is 76.6 Å². The van der Waals surface area contributed by atoms with E-state index in [0.717, 1.165) is 11.1 Å². The summed E-state index contributed by atoms with van der Waals surface area (Å²) in [5.74, 6) is 0.956. The Bertz CT molecular complexity index is 1380. The average Bonchev–Trinajstić information content (AvgIpc) is 3.30. The first-order valence-electron chi connectivity index (χ1n) is 10.3. The van der Waals surface area contributed by atoms with Crippen molar-refractivity contribution in [1.29, 1.82) is 0 Å². The predicted octanol–water partition coefficient (Wildman–Crippen LogP) is 5.27. The van der Waals surface area contributed by atoms with Crippen LogP contribution in [0, 0.1) is 13.8 Å². The van der Waals surface area contributed by atoms with Gasteiger partial charge in [-0.15, -0.1) is 0 Å². The van der Waals surface area contributed by atoms with Crippen LogP contribution in [0.3, 0.4) is 0 Å². The van der Waals surface area contributed by atoms with Crippen molar-refractivity contribution in [3.05, 3.63) is 92.5 Å². The number of anilines is 1. The molecule has 1 unspecified atom stereocenters.